The summed E-state index contributed by atoms with van der Waals surface area (Å²) in [5.74, 6) is 0.842. The lowest BCUT2D eigenvalue weighted by Gasteiger charge is -2.24. The molecule has 1 aliphatic carbocycles. The molecule has 10 heteroatoms. The molecule has 1 amide bonds. The first-order valence-corrected chi connectivity index (χ1v) is 14.9. The van der Waals surface area contributed by atoms with Gasteiger partial charge in [0.05, 0.1) is 32.5 Å². The van der Waals surface area contributed by atoms with Gasteiger partial charge in [-0.25, -0.2) is 18.4 Å². The summed E-state index contributed by atoms with van der Waals surface area (Å²) in [5.41, 5.74) is 3.24. The van der Waals surface area contributed by atoms with Crippen LogP contribution in [0.5, 0.6) is 0 Å². The summed E-state index contributed by atoms with van der Waals surface area (Å²) in [7, 11) is -3.63. The number of nitrogens with one attached hydrogen (secondary N) is 1. The molecule has 2 aromatic heterocycles. The molecule has 0 radical (unpaired) electrons. The molecule has 1 N–H and O–H groups in total. The highest BCUT2D eigenvalue weighted by Gasteiger charge is 2.41. The highest BCUT2D eigenvalue weighted by molar-refractivity contribution is 7.91. The summed E-state index contributed by atoms with van der Waals surface area (Å²) in [5, 5.41) is 3.82. The fourth-order valence-electron chi connectivity index (χ4n) is 4.86. The lowest BCUT2D eigenvalue weighted by molar-refractivity contribution is -0.116. The fraction of sp³-hybridized carbons (Fsp3) is 0.407. The minimum Gasteiger partial charge on any atom is -0.331 e. The average molecular weight is 539 g/mol. The van der Waals surface area contributed by atoms with Gasteiger partial charge in [-0.2, -0.15) is 0 Å². The molecule has 3 heterocycles. The van der Waals surface area contributed by atoms with Crippen molar-refractivity contribution in [3.05, 3.63) is 52.8 Å². The number of Topliss-reactive ketones (excluding diaryl/α,β-unsaturated/α-hetero) is 1. The van der Waals surface area contributed by atoms with E-state index in [1.54, 1.807) is 19.1 Å². The van der Waals surface area contributed by atoms with Crippen LogP contribution >= 0.6 is 11.3 Å². The van der Waals surface area contributed by atoms with Crippen molar-refractivity contribution >= 4 is 43.8 Å². The highest BCUT2D eigenvalue weighted by atomic mass is 32.2. The molecule has 1 aromatic carbocycles. The summed E-state index contributed by atoms with van der Waals surface area (Å²) in [6, 6.07) is 9.12. The molecule has 194 valence electrons. The first-order valence-electron chi connectivity index (χ1n) is 12.5. The second-order valence-electron chi connectivity index (χ2n) is 9.87. The zero-order valence-corrected chi connectivity index (χ0v) is 23.0. The third-order valence-electron chi connectivity index (χ3n) is 7.04. The topological polar surface area (TPSA) is 109 Å². The van der Waals surface area contributed by atoms with E-state index in [0.29, 0.717) is 34.7 Å². The second kappa shape index (κ2) is 9.64. The molecule has 5 rings (SSSR count). The van der Waals surface area contributed by atoms with Crippen LogP contribution in [0.3, 0.4) is 0 Å². The number of anilines is 2. The van der Waals surface area contributed by atoms with E-state index in [-0.39, 0.29) is 34.8 Å². The maximum Gasteiger partial charge on any atom is 0.256 e. The Balaban J connectivity index is 1.51. The number of aromatic nitrogens is 2. The number of amides is 1. The molecule has 0 saturated heterocycles. The minimum absolute atomic E-state index is 0.0371. The van der Waals surface area contributed by atoms with Crippen LogP contribution in [0.15, 0.2) is 35.2 Å². The lowest BCUT2D eigenvalue weighted by atomic mass is 10.0. The number of pyridine rings is 1. The Kier molecular flexibility index (Phi) is 6.66. The molecule has 1 aliphatic heterocycles. The van der Waals surface area contributed by atoms with E-state index in [4.69, 9.17) is 0 Å². The average Bonchev–Trinajstić information content (AvgIpc) is 3.56. The lowest BCUT2D eigenvalue weighted by Crippen LogP contribution is -2.35. The van der Waals surface area contributed by atoms with Crippen molar-refractivity contribution in [1.82, 2.24) is 14.9 Å². The van der Waals surface area contributed by atoms with Crippen molar-refractivity contribution < 1.29 is 18.0 Å². The van der Waals surface area contributed by atoms with E-state index < -0.39 is 9.84 Å². The third-order valence-corrected chi connectivity index (χ3v) is 9.91. The van der Waals surface area contributed by atoms with Gasteiger partial charge in [0.25, 0.3) is 5.91 Å². The van der Waals surface area contributed by atoms with Gasteiger partial charge in [-0.3, -0.25) is 9.59 Å². The largest absolute Gasteiger partial charge is 0.331 e. The molecular weight excluding hydrogens is 508 g/mol. The SMILES string of the molecule is CCS(=O)(=O)c1cc(-c2sc(Nc3cccc(CC(C)=O)n3)nc2C)cc2c1C(=O)N([C@@H](C)C1CC1)C2. The van der Waals surface area contributed by atoms with E-state index in [2.05, 4.69) is 22.2 Å². The van der Waals surface area contributed by atoms with Crippen molar-refractivity contribution in [3.63, 3.8) is 0 Å². The van der Waals surface area contributed by atoms with Crippen LogP contribution in [0.4, 0.5) is 10.9 Å². The Bertz CT molecular complexity index is 1510. The monoisotopic (exact) mass is 538 g/mol. The van der Waals surface area contributed by atoms with Gasteiger partial charge < -0.3 is 10.2 Å². The van der Waals surface area contributed by atoms with E-state index >= 15 is 0 Å². The van der Waals surface area contributed by atoms with Gasteiger partial charge in [0.2, 0.25) is 0 Å². The quantitative estimate of drug-likeness (QED) is 0.411. The number of hydrogen-bond donors (Lipinski definition) is 1. The molecule has 1 saturated carbocycles. The van der Waals surface area contributed by atoms with Crippen molar-refractivity contribution in [3.8, 4) is 10.4 Å². The zero-order valence-electron chi connectivity index (χ0n) is 21.4. The van der Waals surface area contributed by atoms with Crippen LogP contribution in [0.1, 0.15) is 60.9 Å². The van der Waals surface area contributed by atoms with Crippen LogP contribution in [0, 0.1) is 12.8 Å². The first-order chi connectivity index (χ1) is 17.6. The number of nitrogens with zero attached hydrogens (tertiary/aromatic N) is 3. The van der Waals surface area contributed by atoms with Gasteiger partial charge in [-0.05, 0) is 74.9 Å². The van der Waals surface area contributed by atoms with Crippen LogP contribution in [-0.2, 0) is 27.6 Å². The first kappa shape index (κ1) is 25.5. The summed E-state index contributed by atoms with van der Waals surface area (Å²) in [4.78, 5) is 36.7. The Labute approximate surface area is 221 Å². The molecule has 0 bridgehead atoms. The van der Waals surface area contributed by atoms with Crippen molar-refractivity contribution in [2.24, 2.45) is 5.92 Å². The molecule has 0 spiro atoms. The Morgan fingerprint density at radius 1 is 1.24 bits per heavy atom. The Morgan fingerprint density at radius 2 is 2.00 bits per heavy atom. The molecule has 3 aromatic rings. The van der Waals surface area contributed by atoms with Gasteiger partial charge in [0.15, 0.2) is 15.0 Å². The third kappa shape index (κ3) is 5.04. The fourth-order valence-corrected chi connectivity index (χ4v) is 6.97. The number of hydrogen-bond acceptors (Lipinski definition) is 8. The number of rotatable bonds is 9. The summed E-state index contributed by atoms with van der Waals surface area (Å²) in [6.07, 6.45) is 2.47. The molecule has 0 unspecified atom stereocenters. The minimum atomic E-state index is -3.63. The van der Waals surface area contributed by atoms with Crippen LogP contribution < -0.4 is 5.32 Å². The van der Waals surface area contributed by atoms with E-state index in [1.807, 2.05) is 30.0 Å². The van der Waals surface area contributed by atoms with Crippen molar-refractivity contribution in [1.29, 1.82) is 0 Å². The molecule has 1 atom stereocenters. The summed E-state index contributed by atoms with van der Waals surface area (Å²) in [6.45, 7) is 7.49. The number of sulfone groups is 1. The Hall–Kier alpha value is -3.11. The predicted octanol–water partition coefficient (Wildman–Crippen LogP) is 4.94. The van der Waals surface area contributed by atoms with E-state index in [0.717, 1.165) is 34.5 Å². The Morgan fingerprint density at radius 3 is 2.68 bits per heavy atom. The molecule has 1 fully saturated rings. The van der Waals surface area contributed by atoms with Crippen LogP contribution in [-0.4, -0.2) is 46.8 Å². The number of ketones is 1. The smallest absolute Gasteiger partial charge is 0.256 e. The number of carbonyl (C=O) groups is 2. The predicted molar refractivity (Wildman–Crippen MR) is 144 cm³/mol. The number of carbonyl (C=O) groups excluding carboxylic acids is 2. The summed E-state index contributed by atoms with van der Waals surface area (Å²) >= 11 is 1.40. The number of benzene rings is 1. The maximum absolute atomic E-state index is 13.4. The van der Waals surface area contributed by atoms with Crippen LogP contribution in [0.2, 0.25) is 0 Å². The maximum atomic E-state index is 13.4. The summed E-state index contributed by atoms with van der Waals surface area (Å²) < 4.78 is 26.2. The zero-order chi connectivity index (χ0) is 26.5. The number of aryl methyl sites for hydroxylation is 1. The second-order valence-corrected chi connectivity index (χ2v) is 13.1. The number of fused-ring (bicyclic) bond motifs is 1. The van der Waals surface area contributed by atoms with Gasteiger partial charge in [-0.15, -0.1) is 0 Å². The van der Waals surface area contributed by atoms with Gasteiger partial charge >= 0.3 is 0 Å². The normalized spacial score (nSPS) is 16.1. The molecule has 8 nitrogen and oxygen atoms in total. The van der Waals surface area contributed by atoms with Crippen LogP contribution in [0.25, 0.3) is 10.4 Å². The van der Waals surface area contributed by atoms with Gasteiger partial charge in [0, 0.05) is 19.0 Å². The van der Waals surface area contributed by atoms with Gasteiger partial charge in [-0.1, -0.05) is 24.3 Å². The highest BCUT2D eigenvalue weighted by Crippen LogP contribution is 2.42. The van der Waals surface area contributed by atoms with E-state index in [1.165, 1.54) is 18.3 Å². The van der Waals surface area contributed by atoms with Gasteiger partial charge in [0.1, 0.15) is 11.6 Å². The van der Waals surface area contributed by atoms with Crippen molar-refractivity contribution in [2.45, 2.75) is 64.4 Å². The standard InChI is InChI=1S/C27H30N4O4S2/c1-5-37(34,35)22-13-19(12-20-14-31(26(33)24(20)22)17(4)18-9-10-18)25-16(3)28-27(36-25)30-23-8-6-7-21(29-23)11-15(2)32/h6-8,12-13,17-18H,5,9-11,14H2,1-4H3,(H,28,29,30)/t17-/m0/s1. The molecular formula is C27H30N4O4S2. The number of thiazole rings is 1. The molecule has 2 aliphatic rings. The molecule has 37 heavy (non-hydrogen) atoms. The van der Waals surface area contributed by atoms with E-state index in [9.17, 15) is 18.0 Å². The van der Waals surface area contributed by atoms with Crippen molar-refractivity contribution in [2.75, 3.05) is 11.1 Å².